The van der Waals surface area contributed by atoms with E-state index in [-0.39, 0.29) is 23.6 Å². The number of hydrogen-bond donors (Lipinski definition) is 3. The van der Waals surface area contributed by atoms with E-state index in [1.54, 1.807) is 31.2 Å². The molecule has 0 fully saturated rings. The van der Waals surface area contributed by atoms with Crippen molar-refractivity contribution in [2.45, 2.75) is 52.4 Å². The first-order valence-corrected chi connectivity index (χ1v) is 10.0. The van der Waals surface area contributed by atoms with Gasteiger partial charge in [0.15, 0.2) is 0 Å². The Morgan fingerprint density at radius 3 is 2.47 bits per heavy atom. The van der Waals surface area contributed by atoms with E-state index in [2.05, 4.69) is 22.4 Å². The summed E-state index contributed by atoms with van der Waals surface area (Å²) in [5.41, 5.74) is 1.20. The molecular weight excluding hydrogens is 388 g/mol. The van der Waals surface area contributed by atoms with E-state index in [1.807, 2.05) is 0 Å². The molecule has 9 heteroatoms. The number of H-pyrrole nitrogens is 1. The molecule has 2 aromatic rings. The van der Waals surface area contributed by atoms with Gasteiger partial charge in [-0.25, -0.2) is 14.8 Å². The zero-order valence-corrected chi connectivity index (χ0v) is 17.5. The Kier molecular flexibility index (Phi) is 8.40. The number of benzene rings is 1. The van der Waals surface area contributed by atoms with Crippen molar-refractivity contribution in [1.29, 1.82) is 0 Å². The number of carbonyl (C=O) groups excluding carboxylic acids is 1. The first-order valence-electron chi connectivity index (χ1n) is 10.0. The number of hydrogen-bond acceptors (Lipinski definition) is 6. The van der Waals surface area contributed by atoms with Crippen LogP contribution >= 0.6 is 0 Å². The minimum atomic E-state index is -0.790. The lowest BCUT2D eigenvalue weighted by Crippen LogP contribution is -2.33. The van der Waals surface area contributed by atoms with Gasteiger partial charge in [0.25, 0.3) is 5.56 Å². The molecule has 0 atom stereocenters. The lowest BCUT2D eigenvalue weighted by atomic mass is 10.1. The molecule has 3 N–H and O–H groups in total. The Morgan fingerprint density at radius 1 is 1.17 bits per heavy atom. The third kappa shape index (κ3) is 5.59. The van der Waals surface area contributed by atoms with Crippen LogP contribution < -0.4 is 21.4 Å². The summed E-state index contributed by atoms with van der Waals surface area (Å²) in [6, 6.07) is 6.39. The van der Waals surface area contributed by atoms with E-state index in [0.29, 0.717) is 17.9 Å². The summed E-state index contributed by atoms with van der Waals surface area (Å²) in [5.74, 6) is -0.239. The van der Waals surface area contributed by atoms with Gasteiger partial charge >= 0.3 is 5.69 Å². The molecule has 0 aliphatic rings. The van der Waals surface area contributed by atoms with Crippen LogP contribution in [0.15, 0.2) is 39.0 Å². The van der Waals surface area contributed by atoms with Crippen LogP contribution in [0.3, 0.4) is 0 Å². The molecule has 0 spiro atoms. The number of carbonyl (C=O) groups is 1. The number of nitrogens with zero attached hydrogens (tertiary/aromatic N) is 2. The molecule has 1 aromatic heterocycles. The number of rotatable bonds is 10. The third-order valence-electron chi connectivity index (χ3n) is 4.61. The Hall–Kier alpha value is -3.36. The van der Waals surface area contributed by atoms with Crippen molar-refractivity contribution in [3.8, 4) is 17.3 Å². The summed E-state index contributed by atoms with van der Waals surface area (Å²) in [7, 11) is 1.51. The molecule has 1 heterocycles. The van der Waals surface area contributed by atoms with E-state index in [0.717, 1.165) is 30.3 Å². The van der Waals surface area contributed by atoms with Crippen LogP contribution in [0.5, 0.6) is 11.6 Å². The maximum absolute atomic E-state index is 12.4. The molecule has 30 heavy (non-hydrogen) atoms. The zero-order valence-electron chi connectivity index (χ0n) is 17.5. The second-order valence-electron chi connectivity index (χ2n) is 6.75. The van der Waals surface area contributed by atoms with Crippen LogP contribution in [0.2, 0.25) is 0 Å². The Morgan fingerprint density at radius 2 is 1.87 bits per heavy atom. The highest BCUT2D eigenvalue weighted by Crippen LogP contribution is 2.20. The number of nitrogens with one attached hydrogen (secondary N) is 2. The average molecular weight is 416 g/mol. The fourth-order valence-corrected chi connectivity index (χ4v) is 2.97. The van der Waals surface area contributed by atoms with Crippen LogP contribution in [0.1, 0.15) is 57.9 Å². The summed E-state index contributed by atoms with van der Waals surface area (Å²) < 4.78 is 6.06. The van der Waals surface area contributed by atoms with E-state index >= 15 is 0 Å². The molecule has 9 nitrogen and oxygen atoms in total. The Bertz CT molecular complexity index is 1010. The SMILES string of the molecule is CCCCCCC(=O)NN=C(CC)c1c(O)n(-c2ccc(OC)cc2)c(=O)[nH]c1=O. The molecule has 0 radical (unpaired) electrons. The van der Waals surface area contributed by atoms with Crippen LogP contribution in [0.4, 0.5) is 0 Å². The van der Waals surface area contributed by atoms with Gasteiger partial charge in [-0.2, -0.15) is 5.10 Å². The maximum atomic E-state index is 12.4. The van der Waals surface area contributed by atoms with E-state index in [1.165, 1.54) is 7.11 Å². The molecular formula is C21H28N4O5. The van der Waals surface area contributed by atoms with Gasteiger partial charge in [0.05, 0.1) is 18.5 Å². The monoisotopic (exact) mass is 416 g/mol. The minimum absolute atomic E-state index is 0.165. The second kappa shape index (κ2) is 11.0. The molecule has 0 bridgehead atoms. The van der Waals surface area contributed by atoms with Crippen molar-refractivity contribution >= 4 is 11.6 Å². The Labute approximate surface area is 174 Å². The number of methoxy groups -OCH3 is 1. The van der Waals surface area contributed by atoms with Gasteiger partial charge in [0.1, 0.15) is 11.3 Å². The first kappa shape index (κ1) is 22.9. The van der Waals surface area contributed by atoms with Crippen molar-refractivity contribution in [3.63, 3.8) is 0 Å². The number of hydrazone groups is 1. The van der Waals surface area contributed by atoms with Crippen LogP contribution in [0.25, 0.3) is 5.69 Å². The average Bonchev–Trinajstić information content (AvgIpc) is 2.73. The zero-order chi connectivity index (χ0) is 22.1. The number of ether oxygens (including phenoxy) is 1. The standard InChI is InChI=1S/C21H28N4O5/c1-4-6-7-8-9-17(26)24-23-16(5-2)18-19(27)22-21(29)25(20(18)28)14-10-12-15(30-3)13-11-14/h10-13,28H,4-9H2,1-3H3,(H,24,26)(H,22,27,29). The first-order chi connectivity index (χ1) is 14.4. The van der Waals surface area contributed by atoms with E-state index in [4.69, 9.17) is 4.74 Å². The Balaban J connectivity index is 2.35. The number of aromatic hydroxyl groups is 1. The van der Waals surface area contributed by atoms with Crippen molar-refractivity contribution in [2.75, 3.05) is 7.11 Å². The highest BCUT2D eigenvalue weighted by Gasteiger charge is 2.20. The van der Waals surface area contributed by atoms with Crippen LogP contribution in [-0.4, -0.2) is 33.4 Å². The van der Waals surface area contributed by atoms with Gasteiger partial charge in [0, 0.05) is 6.42 Å². The maximum Gasteiger partial charge on any atom is 0.335 e. The summed E-state index contributed by atoms with van der Waals surface area (Å²) >= 11 is 0. The van der Waals surface area contributed by atoms with Crippen molar-refractivity contribution in [2.24, 2.45) is 5.10 Å². The summed E-state index contributed by atoms with van der Waals surface area (Å²) in [4.78, 5) is 38.9. The highest BCUT2D eigenvalue weighted by atomic mass is 16.5. The number of aromatic nitrogens is 2. The summed E-state index contributed by atoms with van der Waals surface area (Å²) in [5, 5.41) is 14.7. The van der Waals surface area contributed by atoms with Crippen molar-refractivity contribution in [3.05, 3.63) is 50.7 Å². The number of aromatic amines is 1. The van der Waals surface area contributed by atoms with Crippen LogP contribution in [-0.2, 0) is 4.79 Å². The second-order valence-corrected chi connectivity index (χ2v) is 6.75. The fraction of sp³-hybridized carbons (Fsp3) is 0.429. The molecule has 0 saturated carbocycles. The predicted octanol–water partition coefficient (Wildman–Crippen LogP) is 2.44. The number of unbranched alkanes of at least 4 members (excludes halogenated alkanes) is 3. The molecule has 0 aliphatic carbocycles. The molecule has 162 valence electrons. The van der Waals surface area contributed by atoms with Gasteiger partial charge in [-0.3, -0.25) is 14.6 Å². The quantitative estimate of drug-likeness (QED) is 0.312. The topological polar surface area (TPSA) is 126 Å². The lowest BCUT2D eigenvalue weighted by molar-refractivity contribution is -0.121. The van der Waals surface area contributed by atoms with Crippen molar-refractivity contribution in [1.82, 2.24) is 15.0 Å². The molecule has 0 saturated heterocycles. The van der Waals surface area contributed by atoms with Gasteiger partial charge in [-0.05, 0) is 37.1 Å². The molecule has 0 aliphatic heterocycles. The summed E-state index contributed by atoms with van der Waals surface area (Å²) in [6.45, 7) is 3.82. The molecule has 1 amide bonds. The van der Waals surface area contributed by atoms with E-state index in [9.17, 15) is 19.5 Å². The predicted molar refractivity (Wildman–Crippen MR) is 115 cm³/mol. The smallest absolute Gasteiger partial charge is 0.335 e. The molecule has 2 rings (SSSR count). The van der Waals surface area contributed by atoms with E-state index < -0.39 is 17.1 Å². The van der Waals surface area contributed by atoms with Gasteiger partial charge in [0.2, 0.25) is 11.8 Å². The highest BCUT2D eigenvalue weighted by molar-refractivity contribution is 6.02. The van der Waals surface area contributed by atoms with Crippen LogP contribution in [0, 0.1) is 0 Å². The largest absolute Gasteiger partial charge is 0.497 e. The molecule has 1 aromatic carbocycles. The summed E-state index contributed by atoms with van der Waals surface area (Å²) in [6.07, 6.45) is 4.44. The van der Waals surface area contributed by atoms with Gasteiger partial charge in [-0.1, -0.05) is 33.1 Å². The van der Waals surface area contributed by atoms with Gasteiger partial charge in [-0.15, -0.1) is 0 Å². The number of amides is 1. The third-order valence-corrected chi connectivity index (χ3v) is 4.61. The normalized spacial score (nSPS) is 11.4. The van der Waals surface area contributed by atoms with Crippen molar-refractivity contribution < 1.29 is 14.6 Å². The molecule has 0 unspecified atom stereocenters. The van der Waals surface area contributed by atoms with Gasteiger partial charge < -0.3 is 9.84 Å². The fourth-order valence-electron chi connectivity index (χ4n) is 2.97. The minimum Gasteiger partial charge on any atom is -0.497 e. The lowest BCUT2D eigenvalue weighted by Gasteiger charge is -2.13.